The first kappa shape index (κ1) is 46.2. The lowest BCUT2D eigenvalue weighted by Crippen LogP contribution is -2.33. The van der Waals surface area contributed by atoms with Gasteiger partial charge >= 0.3 is 11.9 Å². The fourth-order valence-electron chi connectivity index (χ4n) is 5.73. The number of hydrogen-bond acceptors (Lipinski definition) is 13. The summed E-state index contributed by atoms with van der Waals surface area (Å²) in [7, 11) is 0. The summed E-state index contributed by atoms with van der Waals surface area (Å²) in [5, 5.41) is 4.22. The van der Waals surface area contributed by atoms with Crippen molar-refractivity contribution in [3.05, 3.63) is 0 Å². The third-order valence-electron chi connectivity index (χ3n) is 8.85. The topological polar surface area (TPSA) is 176 Å². The lowest BCUT2D eigenvalue weighted by atomic mass is 10.0. The van der Waals surface area contributed by atoms with E-state index in [1.807, 2.05) is 0 Å². The molecule has 0 aliphatic carbocycles. The number of amides is 4. The molecule has 0 aromatic heterocycles. The Labute approximate surface area is 315 Å². The fraction of sp³-hybridized carbons (Fsp3) is 0.842. The number of carbonyl (C=O) groups excluding carboxylic acids is 6. The predicted octanol–water partition coefficient (Wildman–Crippen LogP) is 5.22. The van der Waals surface area contributed by atoms with E-state index in [0.717, 1.165) is 13.0 Å². The molecule has 0 unspecified atom stereocenters. The number of ether oxygens (including phenoxy) is 4. The summed E-state index contributed by atoms with van der Waals surface area (Å²) in [5.74, 6) is -3.78. The van der Waals surface area contributed by atoms with Crippen LogP contribution in [-0.4, -0.2) is 105 Å². The van der Waals surface area contributed by atoms with Crippen LogP contribution in [0.25, 0.3) is 0 Å². The Morgan fingerprint density at radius 1 is 0.547 bits per heavy atom. The minimum Gasteiger partial charge on any atom is -0.378 e. The normalized spacial score (nSPS) is 14.7. The Bertz CT molecular complexity index is 985. The Morgan fingerprint density at radius 2 is 0.962 bits per heavy atom. The minimum absolute atomic E-state index is 0.00989. The van der Waals surface area contributed by atoms with Gasteiger partial charge in [0.1, 0.15) is 6.10 Å². The first-order chi connectivity index (χ1) is 25.8. The Kier molecular flexibility index (Phi) is 26.4. The van der Waals surface area contributed by atoms with E-state index in [2.05, 4.69) is 12.2 Å². The number of hydroxylamine groups is 4. The predicted molar refractivity (Wildman–Crippen MR) is 193 cm³/mol. The van der Waals surface area contributed by atoms with Crippen molar-refractivity contribution in [2.75, 3.05) is 52.9 Å². The maximum absolute atomic E-state index is 12.0. The number of rotatable bonds is 35. The van der Waals surface area contributed by atoms with E-state index >= 15 is 0 Å². The molecule has 53 heavy (non-hydrogen) atoms. The van der Waals surface area contributed by atoms with Gasteiger partial charge in [-0.05, 0) is 19.4 Å². The maximum Gasteiger partial charge on any atom is 0.335 e. The van der Waals surface area contributed by atoms with Gasteiger partial charge in [0.2, 0.25) is 0 Å². The monoisotopic (exact) mass is 755 g/mol. The molecule has 0 atom stereocenters. The first-order valence-electron chi connectivity index (χ1n) is 20.0. The van der Waals surface area contributed by atoms with Crippen LogP contribution in [0.15, 0.2) is 0 Å². The second kappa shape index (κ2) is 30.4. The molecule has 2 aliphatic heterocycles. The molecule has 0 aromatic carbocycles. The summed E-state index contributed by atoms with van der Waals surface area (Å²) in [6, 6.07) is 0. The molecule has 0 saturated carbocycles. The zero-order valence-electron chi connectivity index (χ0n) is 32.1. The Morgan fingerprint density at radius 3 is 1.40 bits per heavy atom. The summed E-state index contributed by atoms with van der Waals surface area (Å²) in [4.78, 5) is 80.3. The molecule has 2 fully saturated rings. The summed E-state index contributed by atoms with van der Waals surface area (Å²) < 4.78 is 22.8. The fourth-order valence-corrected chi connectivity index (χ4v) is 5.73. The lowest BCUT2D eigenvalue weighted by Gasteiger charge is -2.19. The van der Waals surface area contributed by atoms with E-state index in [-0.39, 0.29) is 65.0 Å². The highest BCUT2D eigenvalue weighted by Crippen LogP contribution is 2.15. The zero-order valence-corrected chi connectivity index (χ0v) is 32.1. The van der Waals surface area contributed by atoms with Crippen LogP contribution in [0.4, 0.5) is 0 Å². The molecule has 304 valence electrons. The van der Waals surface area contributed by atoms with E-state index < -0.39 is 41.7 Å². The third kappa shape index (κ3) is 22.8. The van der Waals surface area contributed by atoms with Gasteiger partial charge in [0.15, 0.2) is 0 Å². The molecule has 2 aliphatic rings. The molecule has 2 saturated heterocycles. The summed E-state index contributed by atoms with van der Waals surface area (Å²) in [5.41, 5.74) is 0. The highest BCUT2D eigenvalue weighted by Gasteiger charge is 2.33. The van der Waals surface area contributed by atoms with Crippen LogP contribution >= 0.6 is 0 Å². The van der Waals surface area contributed by atoms with E-state index in [1.165, 1.54) is 89.9 Å². The van der Waals surface area contributed by atoms with Crippen molar-refractivity contribution in [3.8, 4) is 0 Å². The summed E-state index contributed by atoms with van der Waals surface area (Å²) in [6.45, 7) is 4.55. The van der Waals surface area contributed by atoms with Gasteiger partial charge in [0, 0.05) is 38.9 Å². The quantitative estimate of drug-likeness (QED) is 0.0506. The largest absolute Gasteiger partial charge is 0.378 e. The molecule has 4 amide bonds. The smallest absolute Gasteiger partial charge is 0.335 e. The molecular formula is C38H65N3O12. The van der Waals surface area contributed by atoms with Crippen LogP contribution in [0, 0.1) is 0 Å². The van der Waals surface area contributed by atoms with Crippen molar-refractivity contribution in [1.82, 2.24) is 15.4 Å². The first-order valence-corrected chi connectivity index (χ1v) is 20.0. The Balaban J connectivity index is 1.50. The van der Waals surface area contributed by atoms with Crippen molar-refractivity contribution >= 4 is 35.6 Å². The molecule has 15 nitrogen and oxygen atoms in total. The number of carbonyl (C=O) groups is 6. The van der Waals surface area contributed by atoms with E-state index in [4.69, 9.17) is 28.6 Å². The van der Waals surface area contributed by atoms with Crippen molar-refractivity contribution in [3.63, 3.8) is 0 Å². The second-order valence-electron chi connectivity index (χ2n) is 13.6. The van der Waals surface area contributed by atoms with Crippen LogP contribution < -0.4 is 5.32 Å². The van der Waals surface area contributed by atoms with Gasteiger partial charge in [-0.3, -0.25) is 24.5 Å². The molecule has 0 aromatic rings. The van der Waals surface area contributed by atoms with E-state index in [1.54, 1.807) is 0 Å². The Hall–Kier alpha value is -2.98. The maximum atomic E-state index is 12.0. The van der Waals surface area contributed by atoms with Gasteiger partial charge in [-0.2, -0.15) is 0 Å². The van der Waals surface area contributed by atoms with E-state index in [0.29, 0.717) is 36.4 Å². The van der Waals surface area contributed by atoms with Gasteiger partial charge in [-0.15, -0.1) is 10.1 Å². The molecule has 1 N–H and O–H groups in total. The SMILES string of the molecule is CCCCCCCCCCCCCCCCCOCNCCCOC(COCCC(=O)ON1C(=O)CCC1=O)COCCC(=O)ON1C(=O)CCC1=O. The minimum atomic E-state index is -0.774. The van der Waals surface area contributed by atoms with Crippen LogP contribution in [0.2, 0.25) is 0 Å². The molecule has 0 spiro atoms. The molecule has 0 bridgehead atoms. The van der Waals surface area contributed by atoms with Crippen LogP contribution in [0.3, 0.4) is 0 Å². The average molecular weight is 756 g/mol. The number of nitrogens with zero attached hydrogens (tertiary/aromatic N) is 2. The van der Waals surface area contributed by atoms with E-state index in [9.17, 15) is 28.8 Å². The van der Waals surface area contributed by atoms with Gasteiger partial charge in [-0.25, -0.2) is 9.59 Å². The molecule has 2 heterocycles. The summed E-state index contributed by atoms with van der Waals surface area (Å²) in [6.07, 6.45) is 19.8. The third-order valence-corrected chi connectivity index (χ3v) is 8.85. The van der Waals surface area contributed by atoms with Crippen molar-refractivity contribution in [1.29, 1.82) is 0 Å². The number of imide groups is 2. The standard InChI is InChI=1S/C38H65N3O12/c1-2-3-4-5-6-7-8-9-10-11-12-13-14-15-16-25-50-31-39-24-17-26-51-32(29-48-27-22-37(46)52-40-33(42)18-19-34(40)43)30-49-28-23-38(47)53-41-35(44)20-21-36(41)45/h32,39H,2-31H2,1H3. The number of unbranched alkanes of at least 4 members (excludes halogenated alkanes) is 14. The van der Waals surface area contributed by atoms with Crippen LogP contribution in [0.5, 0.6) is 0 Å². The lowest BCUT2D eigenvalue weighted by molar-refractivity contribution is -0.198. The number of nitrogens with one attached hydrogen (secondary N) is 1. The summed E-state index contributed by atoms with van der Waals surface area (Å²) >= 11 is 0. The number of hydrogen-bond donors (Lipinski definition) is 1. The van der Waals surface area contributed by atoms with Crippen molar-refractivity contribution in [2.24, 2.45) is 0 Å². The average Bonchev–Trinajstić information content (AvgIpc) is 3.63. The van der Waals surface area contributed by atoms with Gasteiger partial charge in [0.25, 0.3) is 23.6 Å². The highest BCUT2D eigenvalue weighted by atomic mass is 16.7. The van der Waals surface area contributed by atoms with Crippen molar-refractivity contribution < 1.29 is 57.4 Å². The molecule has 15 heteroatoms. The van der Waals surface area contributed by atoms with Gasteiger partial charge in [0.05, 0.1) is 46.0 Å². The highest BCUT2D eigenvalue weighted by molar-refractivity contribution is 6.02. The van der Waals surface area contributed by atoms with Gasteiger partial charge < -0.3 is 28.6 Å². The molecule has 2 rings (SSSR count). The van der Waals surface area contributed by atoms with Gasteiger partial charge in [-0.1, -0.05) is 96.8 Å². The van der Waals surface area contributed by atoms with Crippen LogP contribution in [-0.2, 0) is 57.4 Å². The second-order valence-corrected chi connectivity index (χ2v) is 13.6. The zero-order chi connectivity index (χ0) is 38.4. The molecular weight excluding hydrogens is 690 g/mol. The van der Waals surface area contributed by atoms with Crippen LogP contribution in [0.1, 0.15) is 148 Å². The molecule has 0 radical (unpaired) electrons. The van der Waals surface area contributed by atoms with Crippen molar-refractivity contribution in [2.45, 2.75) is 154 Å².